The number of hydrogen-bond acceptors (Lipinski definition) is 4. The van der Waals surface area contributed by atoms with Crippen molar-refractivity contribution in [2.75, 3.05) is 7.11 Å². The monoisotopic (exact) mass is 308 g/mol. The van der Waals surface area contributed by atoms with E-state index in [1.165, 1.54) is 0 Å². The Labute approximate surface area is 114 Å². The second kappa shape index (κ2) is 5.84. The Bertz CT molecular complexity index is 546. The molecule has 1 aromatic carbocycles. The van der Waals surface area contributed by atoms with E-state index in [1.54, 1.807) is 13.2 Å². The topological polar surface area (TPSA) is 57.4 Å². The second-order valence-corrected chi connectivity index (χ2v) is 4.42. The molecule has 0 spiro atoms. The number of halogens is 1. The largest absolute Gasteiger partial charge is 0.497 e. The molecule has 5 heteroatoms. The zero-order valence-corrected chi connectivity index (χ0v) is 11.5. The SMILES string of the molecule is COc1ccc(Oc2cccc(CN)n2)c(Br)c1. The highest BCUT2D eigenvalue weighted by Crippen LogP contribution is 2.31. The van der Waals surface area contributed by atoms with E-state index in [2.05, 4.69) is 20.9 Å². The molecule has 0 radical (unpaired) electrons. The van der Waals surface area contributed by atoms with E-state index in [1.807, 2.05) is 30.3 Å². The summed E-state index contributed by atoms with van der Waals surface area (Å²) >= 11 is 3.42. The van der Waals surface area contributed by atoms with E-state index in [-0.39, 0.29) is 0 Å². The van der Waals surface area contributed by atoms with Crippen LogP contribution in [0.15, 0.2) is 40.9 Å². The lowest BCUT2D eigenvalue weighted by Crippen LogP contribution is -2.00. The molecule has 0 saturated carbocycles. The third-order valence-electron chi connectivity index (χ3n) is 2.34. The molecular weight excluding hydrogens is 296 g/mol. The average Bonchev–Trinajstić information content (AvgIpc) is 2.41. The molecule has 0 amide bonds. The van der Waals surface area contributed by atoms with Crippen LogP contribution in [0.4, 0.5) is 0 Å². The van der Waals surface area contributed by atoms with Crippen LogP contribution in [0.1, 0.15) is 5.69 Å². The lowest BCUT2D eigenvalue weighted by molar-refractivity contribution is 0.411. The number of nitrogens with two attached hydrogens (primary N) is 1. The van der Waals surface area contributed by atoms with Crippen LogP contribution in [0.2, 0.25) is 0 Å². The number of nitrogens with zero attached hydrogens (tertiary/aromatic N) is 1. The molecule has 0 bridgehead atoms. The molecule has 1 heterocycles. The van der Waals surface area contributed by atoms with Gasteiger partial charge in [-0.05, 0) is 40.2 Å². The van der Waals surface area contributed by atoms with Gasteiger partial charge < -0.3 is 15.2 Å². The second-order valence-electron chi connectivity index (χ2n) is 3.57. The van der Waals surface area contributed by atoms with Crippen LogP contribution in [-0.2, 0) is 6.54 Å². The zero-order chi connectivity index (χ0) is 13.0. The Balaban J connectivity index is 2.22. The molecule has 0 fully saturated rings. The summed E-state index contributed by atoms with van der Waals surface area (Å²) < 4.78 is 11.6. The van der Waals surface area contributed by atoms with Gasteiger partial charge in [0.25, 0.3) is 0 Å². The highest BCUT2D eigenvalue weighted by Gasteiger charge is 2.05. The minimum atomic E-state index is 0.390. The summed E-state index contributed by atoms with van der Waals surface area (Å²) in [6, 6.07) is 11.0. The van der Waals surface area contributed by atoms with Gasteiger partial charge in [0, 0.05) is 12.6 Å². The number of aromatic nitrogens is 1. The van der Waals surface area contributed by atoms with Gasteiger partial charge in [-0.2, -0.15) is 0 Å². The number of benzene rings is 1. The molecule has 1 aromatic heterocycles. The summed E-state index contributed by atoms with van der Waals surface area (Å²) in [6.45, 7) is 0.390. The van der Waals surface area contributed by atoms with Gasteiger partial charge in [-0.25, -0.2) is 4.98 Å². The fourth-order valence-electron chi connectivity index (χ4n) is 1.43. The van der Waals surface area contributed by atoms with Gasteiger partial charge >= 0.3 is 0 Å². The van der Waals surface area contributed by atoms with Crippen LogP contribution < -0.4 is 15.2 Å². The van der Waals surface area contributed by atoms with Crippen molar-refractivity contribution in [2.45, 2.75) is 6.54 Å². The molecule has 4 nitrogen and oxygen atoms in total. The normalized spacial score (nSPS) is 10.2. The molecule has 0 unspecified atom stereocenters. The van der Waals surface area contributed by atoms with E-state index < -0.39 is 0 Å². The van der Waals surface area contributed by atoms with Crippen LogP contribution in [0.5, 0.6) is 17.4 Å². The van der Waals surface area contributed by atoms with Crippen LogP contribution in [0, 0.1) is 0 Å². The van der Waals surface area contributed by atoms with E-state index in [4.69, 9.17) is 15.2 Å². The highest BCUT2D eigenvalue weighted by molar-refractivity contribution is 9.10. The molecule has 0 aliphatic rings. The van der Waals surface area contributed by atoms with Crippen LogP contribution >= 0.6 is 15.9 Å². The Morgan fingerprint density at radius 1 is 1.28 bits per heavy atom. The van der Waals surface area contributed by atoms with Crippen molar-refractivity contribution in [1.82, 2.24) is 4.98 Å². The van der Waals surface area contributed by atoms with Gasteiger partial charge in [-0.15, -0.1) is 0 Å². The third kappa shape index (κ3) is 3.00. The maximum absolute atomic E-state index is 5.68. The lowest BCUT2D eigenvalue weighted by Gasteiger charge is -2.09. The Kier molecular flexibility index (Phi) is 4.17. The van der Waals surface area contributed by atoms with Crippen molar-refractivity contribution in [3.05, 3.63) is 46.6 Å². The van der Waals surface area contributed by atoms with Gasteiger partial charge in [0.05, 0.1) is 17.3 Å². The molecule has 2 N–H and O–H groups in total. The predicted octanol–water partition coefficient (Wildman–Crippen LogP) is 3.10. The first-order chi connectivity index (χ1) is 8.72. The summed E-state index contributed by atoms with van der Waals surface area (Å²) in [6.07, 6.45) is 0. The Hall–Kier alpha value is -1.59. The predicted molar refractivity (Wildman–Crippen MR) is 72.9 cm³/mol. The first-order valence-corrected chi connectivity index (χ1v) is 6.19. The molecule has 2 rings (SSSR count). The number of pyridine rings is 1. The van der Waals surface area contributed by atoms with Crippen molar-refractivity contribution in [2.24, 2.45) is 5.73 Å². The standard InChI is InChI=1S/C13H13BrN2O2/c1-17-10-5-6-12(11(14)7-10)18-13-4-2-3-9(8-15)16-13/h2-7H,8,15H2,1H3. The molecule has 0 aliphatic carbocycles. The van der Waals surface area contributed by atoms with Crippen molar-refractivity contribution in [1.29, 1.82) is 0 Å². The van der Waals surface area contributed by atoms with Crippen molar-refractivity contribution in [3.8, 4) is 17.4 Å². The van der Waals surface area contributed by atoms with Crippen LogP contribution in [0.3, 0.4) is 0 Å². The molecular formula is C13H13BrN2O2. The smallest absolute Gasteiger partial charge is 0.219 e. The summed E-state index contributed by atoms with van der Waals surface area (Å²) in [5, 5.41) is 0. The molecule has 2 aromatic rings. The van der Waals surface area contributed by atoms with Gasteiger partial charge in [0.15, 0.2) is 0 Å². The molecule has 0 atom stereocenters. The minimum absolute atomic E-state index is 0.390. The van der Waals surface area contributed by atoms with E-state index >= 15 is 0 Å². The maximum atomic E-state index is 5.68. The summed E-state index contributed by atoms with van der Waals surface area (Å²) in [5.74, 6) is 1.96. The minimum Gasteiger partial charge on any atom is -0.497 e. The third-order valence-corrected chi connectivity index (χ3v) is 2.96. The molecule has 18 heavy (non-hydrogen) atoms. The number of hydrogen-bond donors (Lipinski definition) is 1. The van der Waals surface area contributed by atoms with Gasteiger partial charge in [-0.1, -0.05) is 6.07 Å². The number of rotatable bonds is 4. The fraction of sp³-hybridized carbons (Fsp3) is 0.154. The summed E-state index contributed by atoms with van der Waals surface area (Å²) in [4.78, 5) is 4.27. The summed E-state index contributed by atoms with van der Waals surface area (Å²) in [7, 11) is 1.62. The van der Waals surface area contributed by atoms with Gasteiger partial charge in [-0.3, -0.25) is 0 Å². The zero-order valence-electron chi connectivity index (χ0n) is 9.89. The number of methoxy groups -OCH3 is 1. The maximum Gasteiger partial charge on any atom is 0.219 e. The van der Waals surface area contributed by atoms with Crippen molar-refractivity contribution >= 4 is 15.9 Å². The fourth-order valence-corrected chi connectivity index (χ4v) is 1.87. The molecule has 0 aliphatic heterocycles. The first-order valence-electron chi connectivity index (χ1n) is 5.40. The van der Waals surface area contributed by atoms with Crippen LogP contribution in [0.25, 0.3) is 0 Å². The van der Waals surface area contributed by atoms with E-state index in [9.17, 15) is 0 Å². The van der Waals surface area contributed by atoms with E-state index in [0.717, 1.165) is 15.9 Å². The quantitative estimate of drug-likeness (QED) is 0.943. The van der Waals surface area contributed by atoms with Crippen molar-refractivity contribution < 1.29 is 9.47 Å². The molecule has 94 valence electrons. The average molecular weight is 309 g/mol. The number of ether oxygens (including phenoxy) is 2. The van der Waals surface area contributed by atoms with Crippen molar-refractivity contribution in [3.63, 3.8) is 0 Å². The summed E-state index contributed by atoms with van der Waals surface area (Å²) in [5.41, 5.74) is 6.33. The van der Waals surface area contributed by atoms with Gasteiger partial charge in [0.2, 0.25) is 5.88 Å². The Morgan fingerprint density at radius 3 is 2.78 bits per heavy atom. The van der Waals surface area contributed by atoms with Crippen LogP contribution in [-0.4, -0.2) is 12.1 Å². The van der Waals surface area contributed by atoms with E-state index in [0.29, 0.717) is 18.2 Å². The molecule has 0 saturated heterocycles. The highest BCUT2D eigenvalue weighted by atomic mass is 79.9. The van der Waals surface area contributed by atoms with Gasteiger partial charge in [0.1, 0.15) is 11.5 Å². The first kappa shape index (κ1) is 12.9. The Morgan fingerprint density at radius 2 is 2.11 bits per heavy atom. The lowest BCUT2D eigenvalue weighted by atomic mass is 10.3.